The predicted octanol–water partition coefficient (Wildman–Crippen LogP) is 4.82. The number of rotatable bonds is 3. The molecule has 0 radical (unpaired) electrons. The number of halogens is 3. The second-order valence-electron chi connectivity index (χ2n) is 4.07. The third kappa shape index (κ3) is 3.84. The standard InChI is InChI=1S/C14H8Br2ClNO3/c15-7-1-3-9(11(16)5-7)13(19)18-12-6-8(17)2-4-10(12)14(20)21/h1-6H,(H,18,19)(H,20,21). The van der Waals surface area contributed by atoms with Crippen LogP contribution in [0.1, 0.15) is 20.7 Å². The number of carboxylic acid groups (broad SMARTS) is 1. The van der Waals surface area contributed by atoms with Gasteiger partial charge < -0.3 is 10.4 Å². The van der Waals surface area contributed by atoms with Gasteiger partial charge in [0.05, 0.1) is 16.8 Å². The van der Waals surface area contributed by atoms with Crippen molar-refractivity contribution in [3.63, 3.8) is 0 Å². The van der Waals surface area contributed by atoms with Crippen molar-refractivity contribution in [1.82, 2.24) is 0 Å². The largest absolute Gasteiger partial charge is 0.478 e. The van der Waals surface area contributed by atoms with Crippen molar-refractivity contribution in [2.24, 2.45) is 0 Å². The van der Waals surface area contributed by atoms with E-state index in [4.69, 9.17) is 16.7 Å². The molecular formula is C14H8Br2ClNO3. The molecular weight excluding hydrogens is 425 g/mol. The molecule has 0 aliphatic heterocycles. The second kappa shape index (κ2) is 6.60. The maximum atomic E-state index is 12.2. The van der Waals surface area contributed by atoms with Gasteiger partial charge in [0, 0.05) is 14.0 Å². The van der Waals surface area contributed by atoms with E-state index in [1.165, 1.54) is 18.2 Å². The maximum Gasteiger partial charge on any atom is 0.337 e. The molecule has 4 nitrogen and oxygen atoms in total. The number of hydrogen-bond acceptors (Lipinski definition) is 2. The number of amides is 1. The zero-order valence-corrected chi connectivity index (χ0v) is 14.3. The first-order valence-electron chi connectivity index (χ1n) is 5.67. The maximum absolute atomic E-state index is 12.2. The Kier molecular flexibility index (Phi) is 5.03. The van der Waals surface area contributed by atoms with Crippen LogP contribution in [-0.4, -0.2) is 17.0 Å². The van der Waals surface area contributed by atoms with E-state index in [2.05, 4.69) is 37.2 Å². The van der Waals surface area contributed by atoms with Crippen LogP contribution in [0.5, 0.6) is 0 Å². The highest BCUT2D eigenvalue weighted by Crippen LogP contribution is 2.25. The van der Waals surface area contributed by atoms with Gasteiger partial charge in [0.1, 0.15) is 0 Å². The van der Waals surface area contributed by atoms with Crippen LogP contribution in [0.4, 0.5) is 5.69 Å². The Hall–Kier alpha value is -1.37. The summed E-state index contributed by atoms with van der Waals surface area (Å²) in [5.74, 6) is -1.57. The number of nitrogens with one attached hydrogen (secondary N) is 1. The first kappa shape index (κ1) is 16.0. The highest BCUT2D eigenvalue weighted by molar-refractivity contribution is 9.11. The Morgan fingerprint density at radius 3 is 2.33 bits per heavy atom. The van der Waals surface area contributed by atoms with Crippen molar-refractivity contribution >= 4 is 61.0 Å². The third-order valence-corrected chi connectivity index (χ3v) is 4.02. The molecule has 0 aliphatic rings. The van der Waals surface area contributed by atoms with Gasteiger partial charge in [-0.1, -0.05) is 27.5 Å². The van der Waals surface area contributed by atoms with Crippen molar-refractivity contribution in [3.05, 3.63) is 61.5 Å². The molecule has 21 heavy (non-hydrogen) atoms. The molecule has 0 heterocycles. The van der Waals surface area contributed by atoms with E-state index in [0.717, 1.165) is 4.47 Å². The molecule has 2 rings (SSSR count). The van der Waals surface area contributed by atoms with Crippen molar-refractivity contribution in [2.75, 3.05) is 5.32 Å². The zero-order valence-electron chi connectivity index (χ0n) is 10.4. The van der Waals surface area contributed by atoms with E-state index in [1.807, 2.05) is 0 Å². The summed E-state index contributed by atoms with van der Waals surface area (Å²) in [7, 11) is 0. The highest BCUT2D eigenvalue weighted by atomic mass is 79.9. The molecule has 108 valence electrons. The molecule has 0 aliphatic carbocycles. The van der Waals surface area contributed by atoms with Gasteiger partial charge in [0.2, 0.25) is 0 Å². The molecule has 0 saturated heterocycles. The molecule has 0 fully saturated rings. The van der Waals surface area contributed by atoms with Crippen LogP contribution in [0.25, 0.3) is 0 Å². The van der Waals surface area contributed by atoms with Crippen molar-refractivity contribution in [3.8, 4) is 0 Å². The summed E-state index contributed by atoms with van der Waals surface area (Å²) in [6, 6.07) is 9.26. The fourth-order valence-electron chi connectivity index (χ4n) is 1.67. The number of benzene rings is 2. The second-order valence-corrected chi connectivity index (χ2v) is 6.28. The first-order chi connectivity index (χ1) is 9.88. The van der Waals surface area contributed by atoms with Gasteiger partial charge in [0.15, 0.2) is 0 Å². The Morgan fingerprint density at radius 1 is 1.05 bits per heavy atom. The van der Waals surface area contributed by atoms with Gasteiger partial charge >= 0.3 is 5.97 Å². The van der Waals surface area contributed by atoms with Crippen LogP contribution in [0.3, 0.4) is 0 Å². The molecule has 1 amide bonds. The van der Waals surface area contributed by atoms with Gasteiger partial charge in [-0.3, -0.25) is 4.79 Å². The molecule has 7 heteroatoms. The van der Waals surface area contributed by atoms with Gasteiger partial charge in [-0.15, -0.1) is 0 Å². The summed E-state index contributed by atoms with van der Waals surface area (Å²) in [5, 5.41) is 12.0. The number of hydrogen-bond donors (Lipinski definition) is 2. The van der Waals surface area contributed by atoms with Crippen molar-refractivity contribution in [2.45, 2.75) is 0 Å². The van der Waals surface area contributed by atoms with Crippen LogP contribution in [0.15, 0.2) is 45.3 Å². The van der Waals surface area contributed by atoms with Crippen molar-refractivity contribution in [1.29, 1.82) is 0 Å². The van der Waals surface area contributed by atoms with E-state index in [9.17, 15) is 9.59 Å². The minimum atomic E-state index is -1.14. The van der Waals surface area contributed by atoms with E-state index >= 15 is 0 Å². The third-order valence-electron chi connectivity index (χ3n) is 2.64. The highest BCUT2D eigenvalue weighted by Gasteiger charge is 2.16. The summed E-state index contributed by atoms with van der Waals surface area (Å²) < 4.78 is 1.41. The Morgan fingerprint density at radius 2 is 1.71 bits per heavy atom. The molecule has 0 unspecified atom stereocenters. The number of carboxylic acids is 1. The molecule has 2 aromatic rings. The first-order valence-corrected chi connectivity index (χ1v) is 7.64. The lowest BCUT2D eigenvalue weighted by Gasteiger charge is -2.10. The van der Waals surface area contributed by atoms with Crippen LogP contribution in [0, 0.1) is 0 Å². The van der Waals surface area contributed by atoms with E-state index in [1.54, 1.807) is 18.2 Å². The van der Waals surface area contributed by atoms with Gasteiger partial charge in [-0.2, -0.15) is 0 Å². The molecule has 0 bridgehead atoms. The lowest BCUT2D eigenvalue weighted by Crippen LogP contribution is -2.15. The average Bonchev–Trinajstić information content (AvgIpc) is 2.37. The quantitative estimate of drug-likeness (QED) is 0.730. The average molecular weight is 433 g/mol. The summed E-state index contributed by atoms with van der Waals surface area (Å²) in [6.45, 7) is 0. The van der Waals surface area contributed by atoms with Gasteiger partial charge in [0.25, 0.3) is 5.91 Å². The lowest BCUT2D eigenvalue weighted by molar-refractivity contribution is 0.0698. The van der Waals surface area contributed by atoms with Crippen LogP contribution >= 0.6 is 43.5 Å². The Balaban J connectivity index is 2.35. The predicted molar refractivity (Wildman–Crippen MR) is 88.2 cm³/mol. The Labute approximate surface area is 142 Å². The molecule has 0 aromatic heterocycles. The van der Waals surface area contributed by atoms with Crippen LogP contribution in [0.2, 0.25) is 5.02 Å². The number of carbonyl (C=O) groups is 2. The normalized spacial score (nSPS) is 10.2. The minimum absolute atomic E-state index is 0.0269. The van der Waals surface area contributed by atoms with Gasteiger partial charge in [-0.05, 0) is 52.3 Å². The smallest absolute Gasteiger partial charge is 0.337 e. The summed E-state index contributed by atoms with van der Waals surface area (Å²) in [6.07, 6.45) is 0. The molecule has 0 spiro atoms. The van der Waals surface area contributed by atoms with Crippen molar-refractivity contribution < 1.29 is 14.7 Å². The molecule has 2 aromatic carbocycles. The lowest BCUT2D eigenvalue weighted by atomic mass is 10.1. The van der Waals surface area contributed by atoms with Crippen LogP contribution < -0.4 is 5.32 Å². The zero-order chi connectivity index (χ0) is 15.6. The fraction of sp³-hybridized carbons (Fsp3) is 0. The van der Waals surface area contributed by atoms with E-state index < -0.39 is 11.9 Å². The summed E-state index contributed by atoms with van der Waals surface area (Å²) in [4.78, 5) is 23.4. The van der Waals surface area contributed by atoms with E-state index in [0.29, 0.717) is 15.1 Å². The number of aromatic carboxylic acids is 1. The molecule has 0 saturated carbocycles. The Bertz CT molecular complexity index is 734. The monoisotopic (exact) mass is 431 g/mol. The minimum Gasteiger partial charge on any atom is -0.478 e. The van der Waals surface area contributed by atoms with Gasteiger partial charge in [-0.25, -0.2) is 4.79 Å². The topological polar surface area (TPSA) is 66.4 Å². The van der Waals surface area contributed by atoms with Crippen LogP contribution in [-0.2, 0) is 0 Å². The summed E-state index contributed by atoms with van der Waals surface area (Å²) >= 11 is 12.4. The fourth-order valence-corrected chi connectivity index (χ4v) is 3.07. The summed E-state index contributed by atoms with van der Waals surface area (Å²) in [5.41, 5.74) is 0.505. The SMILES string of the molecule is O=C(Nc1cc(Cl)ccc1C(=O)O)c1ccc(Br)cc1Br. The van der Waals surface area contributed by atoms with E-state index in [-0.39, 0.29) is 11.3 Å². The number of carbonyl (C=O) groups excluding carboxylic acids is 1. The molecule has 2 N–H and O–H groups in total. The molecule has 0 atom stereocenters. The number of anilines is 1.